The van der Waals surface area contributed by atoms with Crippen LogP contribution in [0.25, 0.3) is 10.9 Å². The zero-order valence-corrected chi connectivity index (χ0v) is 8.86. The minimum absolute atomic E-state index is 0.291. The Labute approximate surface area is 93.2 Å². The van der Waals surface area contributed by atoms with E-state index in [1.807, 2.05) is 12.3 Å². The van der Waals surface area contributed by atoms with Crippen LogP contribution in [0.5, 0.6) is 0 Å². The molecule has 0 radical (unpaired) electrons. The lowest BCUT2D eigenvalue weighted by molar-refractivity contribution is 0.256. The Bertz CT molecular complexity index is 574. The average Bonchev–Trinajstić information content (AvgIpc) is 2.70. The molecular formula is C13H12N2O. The van der Waals surface area contributed by atoms with Crippen molar-refractivity contribution < 1.29 is 4.79 Å². The van der Waals surface area contributed by atoms with Crippen molar-refractivity contribution in [2.75, 3.05) is 0 Å². The van der Waals surface area contributed by atoms with Crippen molar-refractivity contribution in [1.82, 2.24) is 4.98 Å². The molecule has 16 heavy (non-hydrogen) atoms. The first-order valence-electron chi connectivity index (χ1n) is 5.51. The molecule has 0 atom stereocenters. The normalized spacial score (nSPS) is 17.8. The molecule has 0 amide bonds. The van der Waals surface area contributed by atoms with Gasteiger partial charge < -0.3 is 4.98 Å². The van der Waals surface area contributed by atoms with Crippen molar-refractivity contribution in [1.29, 1.82) is 0 Å². The van der Waals surface area contributed by atoms with E-state index >= 15 is 0 Å². The van der Waals surface area contributed by atoms with E-state index in [-0.39, 0.29) is 5.54 Å². The number of hydrogen-bond donors (Lipinski definition) is 1. The molecule has 2 aromatic rings. The monoisotopic (exact) mass is 212 g/mol. The summed E-state index contributed by atoms with van der Waals surface area (Å²) in [5, 5.41) is 1.19. The van der Waals surface area contributed by atoms with Gasteiger partial charge in [-0.1, -0.05) is 12.1 Å². The predicted molar refractivity (Wildman–Crippen MR) is 61.9 cm³/mol. The quantitative estimate of drug-likeness (QED) is 0.603. The fraction of sp³-hybridized carbons (Fsp3) is 0.308. The van der Waals surface area contributed by atoms with Crippen molar-refractivity contribution in [2.24, 2.45) is 4.99 Å². The summed E-state index contributed by atoms with van der Waals surface area (Å²) < 4.78 is 0. The van der Waals surface area contributed by atoms with Crippen LogP contribution in [0, 0.1) is 0 Å². The Hall–Kier alpha value is -1.86. The zero-order valence-electron chi connectivity index (χ0n) is 8.86. The van der Waals surface area contributed by atoms with Gasteiger partial charge in [-0.15, -0.1) is 0 Å². The minimum Gasteiger partial charge on any atom is -0.361 e. The number of H-pyrrole nitrogens is 1. The molecule has 1 N–H and O–H groups in total. The van der Waals surface area contributed by atoms with Crippen LogP contribution in [0.1, 0.15) is 24.8 Å². The molecule has 0 bridgehead atoms. The third-order valence-corrected chi connectivity index (χ3v) is 3.53. The van der Waals surface area contributed by atoms with E-state index in [4.69, 9.17) is 0 Å². The Morgan fingerprint density at radius 3 is 2.88 bits per heavy atom. The summed E-state index contributed by atoms with van der Waals surface area (Å²) in [7, 11) is 0. The van der Waals surface area contributed by atoms with Crippen LogP contribution in [0.3, 0.4) is 0 Å². The van der Waals surface area contributed by atoms with Crippen molar-refractivity contribution in [3.05, 3.63) is 36.0 Å². The molecule has 1 aromatic carbocycles. The number of aromatic amines is 1. The van der Waals surface area contributed by atoms with Crippen LogP contribution in [-0.2, 0) is 10.3 Å². The predicted octanol–water partition coefficient (Wildman–Crippen LogP) is 2.88. The van der Waals surface area contributed by atoms with Gasteiger partial charge in [-0.05, 0) is 42.3 Å². The largest absolute Gasteiger partial charge is 0.361 e. The third-order valence-electron chi connectivity index (χ3n) is 3.53. The number of nitrogens with zero attached hydrogens (tertiary/aromatic N) is 1. The van der Waals surface area contributed by atoms with E-state index in [0.717, 1.165) is 30.3 Å². The van der Waals surface area contributed by atoms with Crippen molar-refractivity contribution in [3.8, 4) is 0 Å². The average molecular weight is 212 g/mol. The van der Waals surface area contributed by atoms with E-state index < -0.39 is 0 Å². The van der Waals surface area contributed by atoms with Crippen molar-refractivity contribution >= 4 is 17.0 Å². The first kappa shape index (κ1) is 9.37. The summed E-state index contributed by atoms with van der Waals surface area (Å²) >= 11 is 0. The molecule has 0 spiro atoms. The van der Waals surface area contributed by atoms with Crippen molar-refractivity contribution in [3.63, 3.8) is 0 Å². The van der Waals surface area contributed by atoms with Gasteiger partial charge in [0, 0.05) is 11.7 Å². The van der Waals surface area contributed by atoms with Gasteiger partial charge in [0.2, 0.25) is 6.08 Å². The molecule has 1 aliphatic carbocycles. The van der Waals surface area contributed by atoms with Crippen LogP contribution in [0.4, 0.5) is 0 Å². The highest BCUT2D eigenvalue weighted by molar-refractivity contribution is 5.80. The van der Waals surface area contributed by atoms with Crippen LogP contribution in [0.15, 0.2) is 35.5 Å². The second-order valence-electron chi connectivity index (χ2n) is 4.37. The van der Waals surface area contributed by atoms with Gasteiger partial charge in [-0.25, -0.2) is 4.79 Å². The summed E-state index contributed by atoms with van der Waals surface area (Å²) in [5.74, 6) is 0. The number of nitrogens with one attached hydrogen (secondary N) is 1. The number of isocyanates is 1. The maximum absolute atomic E-state index is 10.5. The molecule has 3 rings (SSSR count). The minimum atomic E-state index is -0.291. The lowest BCUT2D eigenvalue weighted by Crippen LogP contribution is -2.31. The first-order valence-corrected chi connectivity index (χ1v) is 5.51. The molecule has 80 valence electrons. The fourth-order valence-corrected chi connectivity index (χ4v) is 2.40. The van der Waals surface area contributed by atoms with Gasteiger partial charge in [-0.2, -0.15) is 4.99 Å². The van der Waals surface area contributed by atoms with Crippen LogP contribution in [-0.4, -0.2) is 11.1 Å². The summed E-state index contributed by atoms with van der Waals surface area (Å²) in [4.78, 5) is 17.7. The van der Waals surface area contributed by atoms with Crippen molar-refractivity contribution in [2.45, 2.75) is 24.8 Å². The van der Waals surface area contributed by atoms with E-state index in [2.05, 4.69) is 28.2 Å². The number of hydrogen-bond acceptors (Lipinski definition) is 2. The standard InChI is InChI=1S/C13H12N2O/c16-9-15-13(5-1-6-13)11-3-2-10-4-7-14-12(10)8-11/h2-4,7-8,14H,1,5-6H2. The fourth-order valence-electron chi connectivity index (χ4n) is 2.40. The van der Waals surface area contributed by atoms with Crippen LogP contribution >= 0.6 is 0 Å². The van der Waals surface area contributed by atoms with Gasteiger partial charge in [0.05, 0.1) is 5.54 Å². The maximum atomic E-state index is 10.5. The molecule has 1 saturated carbocycles. The zero-order chi connectivity index (χ0) is 11.0. The number of benzene rings is 1. The first-order chi connectivity index (χ1) is 7.84. The number of aliphatic imine (C=N–C) groups is 1. The highest BCUT2D eigenvalue weighted by Gasteiger charge is 2.38. The van der Waals surface area contributed by atoms with E-state index in [9.17, 15) is 4.79 Å². The maximum Gasteiger partial charge on any atom is 0.235 e. The molecule has 1 aliphatic rings. The lowest BCUT2D eigenvalue weighted by Gasteiger charge is -2.37. The third kappa shape index (κ3) is 1.22. The highest BCUT2D eigenvalue weighted by Crippen LogP contribution is 2.45. The van der Waals surface area contributed by atoms with Gasteiger partial charge in [0.25, 0.3) is 0 Å². The molecule has 3 heteroatoms. The molecular weight excluding hydrogens is 200 g/mol. The van der Waals surface area contributed by atoms with Gasteiger partial charge in [0.15, 0.2) is 0 Å². The summed E-state index contributed by atoms with van der Waals surface area (Å²) in [6.45, 7) is 0. The van der Waals surface area contributed by atoms with Crippen LogP contribution in [0.2, 0.25) is 0 Å². The molecule has 0 aliphatic heterocycles. The van der Waals surface area contributed by atoms with E-state index in [1.165, 1.54) is 5.39 Å². The Kier molecular flexibility index (Phi) is 1.95. The molecule has 0 unspecified atom stereocenters. The molecule has 0 saturated heterocycles. The van der Waals surface area contributed by atoms with Gasteiger partial charge >= 0.3 is 0 Å². The second kappa shape index (κ2) is 3.32. The van der Waals surface area contributed by atoms with E-state index in [1.54, 1.807) is 6.08 Å². The second-order valence-corrected chi connectivity index (χ2v) is 4.37. The lowest BCUT2D eigenvalue weighted by atomic mass is 9.72. The van der Waals surface area contributed by atoms with E-state index in [0.29, 0.717) is 0 Å². The summed E-state index contributed by atoms with van der Waals surface area (Å²) in [6.07, 6.45) is 6.68. The number of aromatic nitrogens is 1. The topological polar surface area (TPSA) is 45.2 Å². The highest BCUT2D eigenvalue weighted by atomic mass is 16.1. The molecule has 1 heterocycles. The Morgan fingerprint density at radius 2 is 2.19 bits per heavy atom. The number of carbonyl (C=O) groups excluding carboxylic acids is 1. The van der Waals surface area contributed by atoms with Gasteiger partial charge in [0.1, 0.15) is 0 Å². The Morgan fingerprint density at radius 1 is 1.31 bits per heavy atom. The number of fused-ring (bicyclic) bond motifs is 1. The molecule has 1 fully saturated rings. The Balaban J connectivity index is 2.13. The summed E-state index contributed by atoms with van der Waals surface area (Å²) in [6, 6.07) is 8.27. The molecule has 1 aromatic heterocycles. The number of rotatable bonds is 2. The van der Waals surface area contributed by atoms with Crippen LogP contribution < -0.4 is 0 Å². The van der Waals surface area contributed by atoms with Gasteiger partial charge in [-0.3, -0.25) is 0 Å². The molecule has 3 nitrogen and oxygen atoms in total. The summed E-state index contributed by atoms with van der Waals surface area (Å²) in [5.41, 5.74) is 1.93. The smallest absolute Gasteiger partial charge is 0.235 e. The SMILES string of the molecule is O=C=NC1(c2ccc3cc[nH]c3c2)CCC1.